The first-order valence-electron chi connectivity index (χ1n) is 10.4. The van der Waals surface area contributed by atoms with Crippen LogP contribution < -0.4 is 5.73 Å². The van der Waals surface area contributed by atoms with Crippen LogP contribution in [0.2, 0.25) is 0 Å². The van der Waals surface area contributed by atoms with E-state index in [1.54, 1.807) is 25.8 Å². The minimum Gasteiger partial charge on any atom is -0.379 e. The summed E-state index contributed by atoms with van der Waals surface area (Å²) < 4.78 is 32.1. The van der Waals surface area contributed by atoms with Gasteiger partial charge in [0.25, 0.3) is 11.8 Å². The molecule has 31 heavy (non-hydrogen) atoms. The molecule has 0 atom stereocenters. The monoisotopic (exact) mass is 455 g/mol. The summed E-state index contributed by atoms with van der Waals surface area (Å²) in [6.07, 6.45) is 1.45. The molecule has 1 aliphatic carbocycles. The molecule has 1 aromatic heterocycles. The summed E-state index contributed by atoms with van der Waals surface area (Å²) in [6.45, 7) is 5.11. The summed E-state index contributed by atoms with van der Waals surface area (Å²) >= 11 is 0. The summed E-state index contributed by atoms with van der Waals surface area (Å²) in [7, 11) is 1.87. The van der Waals surface area contributed by atoms with Crippen molar-refractivity contribution in [3.05, 3.63) is 17.0 Å². The quantitative estimate of drug-likeness (QED) is 0.485. The summed E-state index contributed by atoms with van der Waals surface area (Å²) in [5, 5.41) is 4.09. The zero-order valence-corrected chi connectivity index (χ0v) is 19.8. The molecule has 2 aliphatic rings. The largest absolute Gasteiger partial charge is 0.379 e. The van der Waals surface area contributed by atoms with Crippen LogP contribution in [-0.4, -0.2) is 96.2 Å². The molecule has 0 aromatic carbocycles. The lowest BCUT2D eigenvalue weighted by Crippen LogP contribution is -2.52. The number of rotatable bonds is 10. The molecular formula is C20H33N5O5S. The Morgan fingerprint density at radius 3 is 2.52 bits per heavy atom. The number of nitrogens with two attached hydrogens (primary N) is 1. The number of aromatic nitrogens is 2. The van der Waals surface area contributed by atoms with Gasteiger partial charge in [-0.15, -0.1) is 0 Å². The maximum absolute atomic E-state index is 13.5. The number of nitrogens with zero attached hydrogens (tertiary/aromatic N) is 4. The van der Waals surface area contributed by atoms with Gasteiger partial charge in [-0.3, -0.25) is 14.3 Å². The lowest BCUT2D eigenvalue weighted by atomic mass is 10.0. The number of hydrogen-bond donors (Lipinski definition) is 1. The van der Waals surface area contributed by atoms with Gasteiger partial charge >= 0.3 is 0 Å². The van der Waals surface area contributed by atoms with Crippen molar-refractivity contribution in [3.8, 4) is 0 Å². The van der Waals surface area contributed by atoms with E-state index in [0.717, 1.165) is 0 Å². The van der Waals surface area contributed by atoms with Crippen molar-refractivity contribution < 1.29 is 22.7 Å². The van der Waals surface area contributed by atoms with Gasteiger partial charge in [-0.25, -0.2) is 8.42 Å². The Bertz CT molecular complexity index is 978. The lowest BCUT2D eigenvalue weighted by molar-refractivity contribution is 0.0723. The van der Waals surface area contributed by atoms with Gasteiger partial charge < -0.3 is 20.3 Å². The zero-order chi connectivity index (χ0) is 23.2. The fraction of sp³-hybridized carbons (Fsp3) is 0.750. The highest BCUT2D eigenvalue weighted by molar-refractivity contribution is 7.94. The predicted molar refractivity (Wildman–Crippen MR) is 116 cm³/mol. The summed E-state index contributed by atoms with van der Waals surface area (Å²) in [5.41, 5.74) is 6.33. The van der Waals surface area contributed by atoms with E-state index in [1.807, 2.05) is 19.0 Å². The molecule has 0 spiro atoms. The Kier molecular flexibility index (Phi) is 6.25. The van der Waals surface area contributed by atoms with E-state index < -0.39 is 25.2 Å². The summed E-state index contributed by atoms with van der Waals surface area (Å²) in [5.74, 6) is -0.986. The molecule has 2 amide bonds. The Hall–Kier alpha value is -1.98. The number of aryl methyl sites for hydroxylation is 1. The van der Waals surface area contributed by atoms with Gasteiger partial charge in [0.05, 0.1) is 22.7 Å². The Balaban J connectivity index is 1.75. The van der Waals surface area contributed by atoms with Gasteiger partial charge in [0.15, 0.2) is 15.5 Å². The SMILES string of the molecule is CN(C)CCOCC(C)(C)S(=O)(=O)C1(CN2CCc3c(C(N)=O)nn(C)c3C2=O)CC1. The first-order chi connectivity index (χ1) is 14.3. The molecule has 1 aliphatic heterocycles. The van der Waals surface area contributed by atoms with E-state index in [4.69, 9.17) is 10.5 Å². The number of fused-ring (bicyclic) bond motifs is 1. The van der Waals surface area contributed by atoms with Gasteiger partial charge in [-0.2, -0.15) is 5.10 Å². The highest BCUT2D eigenvalue weighted by Gasteiger charge is 2.61. The van der Waals surface area contributed by atoms with Crippen molar-refractivity contribution in [3.63, 3.8) is 0 Å². The Labute approximate surface area is 183 Å². The fourth-order valence-electron chi connectivity index (χ4n) is 4.15. The predicted octanol–water partition coefficient (Wildman–Crippen LogP) is -0.178. The second-order valence-electron chi connectivity index (χ2n) is 9.44. The Morgan fingerprint density at radius 1 is 1.32 bits per heavy atom. The highest BCUT2D eigenvalue weighted by Crippen LogP contribution is 2.49. The molecule has 1 fully saturated rings. The molecule has 11 heteroatoms. The van der Waals surface area contributed by atoms with Crippen LogP contribution in [0.25, 0.3) is 0 Å². The summed E-state index contributed by atoms with van der Waals surface area (Å²) in [6, 6.07) is 0. The van der Waals surface area contributed by atoms with Crippen molar-refractivity contribution in [1.29, 1.82) is 0 Å². The van der Waals surface area contributed by atoms with Crippen LogP contribution >= 0.6 is 0 Å². The molecule has 3 rings (SSSR count). The number of amides is 2. The molecule has 2 N–H and O–H groups in total. The molecule has 1 aromatic rings. The van der Waals surface area contributed by atoms with E-state index in [-0.39, 0.29) is 24.8 Å². The fourth-order valence-corrected chi connectivity index (χ4v) is 6.52. The second kappa shape index (κ2) is 8.18. The van der Waals surface area contributed by atoms with Crippen molar-refractivity contribution in [2.75, 3.05) is 46.9 Å². The van der Waals surface area contributed by atoms with Crippen LogP contribution in [0, 0.1) is 0 Å². The standard InChI is InChI=1S/C20H33N5O5S/c1-19(2,13-30-11-10-23(3)4)31(28,29)20(7-8-20)12-25-9-6-14-15(17(21)26)22-24(5)16(14)18(25)27/h6-13H2,1-5H3,(H2,21,26). The third kappa shape index (κ3) is 4.22. The van der Waals surface area contributed by atoms with Crippen LogP contribution in [0.15, 0.2) is 0 Å². The molecule has 10 nitrogen and oxygen atoms in total. The number of primary amides is 1. The lowest BCUT2D eigenvalue weighted by Gasteiger charge is -2.35. The van der Waals surface area contributed by atoms with Crippen LogP contribution in [-0.2, 0) is 28.0 Å². The summed E-state index contributed by atoms with van der Waals surface area (Å²) in [4.78, 5) is 28.3. The smallest absolute Gasteiger partial charge is 0.272 e. The molecular weight excluding hydrogens is 422 g/mol. The van der Waals surface area contributed by atoms with Crippen LogP contribution in [0.5, 0.6) is 0 Å². The number of carbonyl (C=O) groups is 2. The normalized spacial score (nSPS) is 18.4. The van der Waals surface area contributed by atoms with E-state index >= 15 is 0 Å². The molecule has 0 saturated heterocycles. The number of carbonyl (C=O) groups excluding carboxylic acids is 2. The maximum atomic E-state index is 13.5. The number of sulfone groups is 1. The first kappa shape index (κ1) is 23.7. The Morgan fingerprint density at radius 2 is 1.97 bits per heavy atom. The molecule has 174 valence electrons. The van der Waals surface area contributed by atoms with Gasteiger partial charge in [0.1, 0.15) is 5.69 Å². The number of likely N-dealkylation sites (N-methyl/N-ethyl adjacent to an activating group) is 1. The average molecular weight is 456 g/mol. The van der Waals surface area contributed by atoms with Gasteiger partial charge in [-0.1, -0.05) is 0 Å². The third-order valence-electron chi connectivity index (χ3n) is 6.22. The minimum absolute atomic E-state index is 0.104. The molecule has 2 heterocycles. The van der Waals surface area contributed by atoms with Crippen molar-refractivity contribution >= 4 is 21.7 Å². The topological polar surface area (TPSA) is 128 Å². The van der Waals surface area contributed by atoms with Gasteiger partial charge in [0, 0.05) is 32.2 Å². The van der Waals surface area contributed by atoms with Crippen LogP contribution in [0.4, 0.5) is 0 Å². The van der Waals surface area contributed by atoms with Crippen molar-refractivity contribution in [1.82, 2.24) is 19.6 Å². The molecule has 0 bridgehead atoms. The molecule has 0 radical (unpaired) electrons. The van der Waals surface area contributed by atoms with Crippen molar-refractivity contribution in [2.24, 2.45) is 12.8 Å². The van der Waals surface area contributed by atoms with E-state index in [2.05, 4.69) is 5.10 Å². The highest BCUT2D eigenvalue weighted by atomic mass is 32.2. The number of hydrogen-bond acceptors (Lipinski definition) is 7. The van der Waals surface area contributed by atoms with Crippen LogP contribution in [0.1, 0.15) is 53.2 Å². The third-order valence-corrected chi connectivity index (χ3v) is 9.47. The van der Waals surface area contributed by atoms with E-state index in [0.29, 0.717) is 50.2 Å². The van der Waals surface area contributed by atoms with E-state index in [9.17, 15) is 18.0 Å². The maximum Gasteiger partial charge on any atom is 0.272 e. The van der Waals surface area contributed by atoms with Crippen LogP contribution in [0.3, 0.4) is 0 Å². The average Bonchev–Trinajstić information content (AvgIpc) is 3.38. The second-order valence-corrected chi connectivity index (χ2v) is 12.4. The first-order valence-corrected chi connectivity index (χ1v) is 11.9. The van der Waals surface area contributed by atoms with Crippen molar-refractivity contribution in [2.45, 2.75) is 42.6 Å². The zero-order valence-electron chi connectivity index (χ0n) is 19.0. The molecule has 0 unspecified atom stereocenters. The number of ether oxygens (including phenoxy) is 1. The molecule has 1 saturated carbocycles. The van der Waals surface area contributed by atoms with Gasteiger partial charge in [0.2, 0.25) is 0 Å². The van der Waals surface area contributed by atoms with Gasteiger partial charge in [-0.05, 0) is 47.2 Å². The van der Waals surface area contributed by atoms with E-state index in [1.165, 1.54) is 4.68 Å². The minimum atomic E-state index is -3.58.